The molecule has 4 rings (SSSR count). The van der Waals surface area contributed by atoms with E-state index in [1.54, 1.807) is 73.8 Å². The Hall–Kier alpha value is -4.26. The van der Waals surface area contributed by atoms with Gasteiger partial charge in [-0.15, -0.1) is 0 Å². The largest absolute Gasteiger partial charge is 0.507 e. The number of nitrogens with zero attached hydrogens (tertiary/aromatic N) is 1. The Morgan fingerprint density at radius 2 is 1.53 bits per heavy atom. The van der Waals surface area contributed by atoms with Gasteiger partial charge in [0.25, 0.3) is 11.7 Å². The van der Waals surface area contributed by atoms with Crippen LogP contribution in [0.5, 0.6) is 17.2 Å². The van der Waals surface area contributed by atoms with E-state index < -0.39 is 17.7 Å². The van der Waals surface area contributed by atoms with E-state index in [1.165, 1.54) is 12.0 Å². The first-order chi connectivity index (χ1) is 17.2. The number of Topliss-reactive ketones (excluding diaryl/α,β-unsaturated/α-hetero) is 1. The van der Waals surface area contributed by atoms with Crippen molar-refractivity contribution in [2.24, 2.45) is 0 Å². The summed E-state index contributed by atoms with van der Waals surface area (Å²) in [7, 11) is 3.09. The highest BCUT2D eigenvalue weighted by Gasteiger charge is 2.47. The van der Waals surface area contributed by atoms with Gasteiger partial charge in [0.05, 0.1) is 31.9 Å². The van der Waals surface area contributed by atoms with Crippen molar-refractivity contribution in [3.05, 3.63) is 89.0 Å². The van der Waals surface area contributed by atoms with E-state index in [1.807, 2.05) is 20.8 Å². The van der Waals surface area contributed by atoms with Crippen molar-refractivity contribution in [3.63, 3.8) is 0 Å². The molecule has 1 aliphatic heterocycles. The number of carbonyl (C=O) groups excluding carboxylic acids is 2. The molecule has 0 bridgehead atoms. The summed E-state index contributed by atoms with van der Waals surface area (Å²) in [5, 5.41) is 11.4. The van der Waals surface area contributed by atoms with Gasteiger partial charge in [-0.25, -0.2) is 0 Å². The van der Waals surface area contributed by atoms with Crippen LogP contribution in [0.15, 0.2) is 72.3 Å². The van der Waals surface area contributed by atoms with Crippen molar-refractivity contribution in [1.29, 1.82) is 0 Å². The molecule has 1 fully saturated rings. The molecule has 1 unspecified atom stereocenters. The number of rotatable bonds is 7. The molecule has 1 aliphatic rings. The number of ketones is 1. The number of amides is 1. The molecule has 0 saturated carbocycles. The van der Waals surface area contributed by atoms with E-state index in [4.69, 9.17) is 14.2 Å². The van der Waals surface area contributed by atoms with Crippen LogP contribution in [-0.4, -0.2) is 37.1 Å². The zero-order valence-electron chi connectivity index (χ0n) is 20.9. The zero-order valence-corrected chi connectivity index (χ0v) is 20.9. The number of ether oxygens (including phenoxy) is 3. The SMILES string of the molecule is COc1cccc(N2C(=O)C(=O)/C(=C(\O)c3ccc(OC)cc3C)C2c2ccc(OC(C)C)cc2)c1. The average molecular weight is 488 g/mol. The van der Waals surface area contributed by atoms with Gasteiger partial charge in [0.1, 0.15) is 23.0 Å². The Morgan fingerprint density at radius 1 is 0.889 bits per heavy atom. The molecule has 3 aromatic carbocycles. The van der Waals surface area contributed by atoms with Crippen LogP contribution < -0.4 is 19.1 Å². The zero-order chi connectivity index (χ0) is 26.0. The molecule has 1 saturated heterocycles. The lowest BCUT2D eigenvalue weighted by Crippen LogP contribution is -2.29. The van der Waals surface area contributed by atoms with Crippen LogP contribution in [0.3, 0.4) is 0 Å². The maximum absolute atomic E-state index is 13.4. The molecule has 36 heavy (non-hydrogen) atoms. The molecule has 1 N–H and O–H groups in total. The summed E-state index contributed by atoms with van der Waals surface area (Å²) in [5.74, 6) is 0.0870. The Kier molecular flexibility index (Phi) is 7.01. The molecule has 3 aromatic rings. The molecule has 7 heteroatoms. The first-order valence-electron chi connectivity index (χ1n) is 11.6. The first-order valence-corrected chi connectivity index (χ1v) is 11.6. The van der Waals surface area contributed by atoms with Crippen molar-refractivity contribution in [2.45, 2.75) is 32.9 Å². The number of hydrogen-bond acceptors (Lipinski definition) is 6. The van der Waals surface area contributed by atoms with Crippen LogP contribution in [0.25, 0.3) is 5.76 Å². The monoisotopic (exact) mass is 487 g/mol. The minimum atomic E-state index is -0.855. The minimum Gasteiger partial charge on any atom is -0.507 e. The van der Waals surface area contributed by atoms with Crippen molar-refractivity contribution in [3.8, 4) is 17.2 Å². The second-order valence-corrected chi connectivity index (χ2v) is 8.79. The molecular weight excluding hydrogens is 458 g/mol. The van der Waals surface area contributed by atoms with E-state index in [9.17, 15) is 14.7 Å². The predicted octanol–water partition coefficient (Wildman–Crippen LogP) is 5.43. The summed E-state index contributed by atoms with van der Waals surface area (Å²) in [6, 6.07) is 18.4. The third-order valence-corrected chi connectivity index (χ3v) is 6.03. The van der Waals surface area contributed by atoms with Crippen molar-refractivity contribution in [1.82, 2.24) is 0 Å². The second-order valence-electron chi connectivity index (χ2n) is 8.79. The highest BCUT2D eigenvalue weighted by molar-refractivity contribution is 6.51. The van der Waals surface area contributed by atoms with Crippen LogP contribution in [0, 0.1) is 6.92 Å². The summed E-state index contributed by atoms with van der Waals surface area (Å²) in [5.41, 5.74) is 2.30. The highest BCUT2D eigenvalue weighted by Crippen LogP contribution is 2.43. The molecule has 186 valence electrons. The standard InChI is InChI=1S/C29H29NO6/c1-17(2)36-21-11-9-19(10-12-21)26-25(27(31)24-14-13-23(35-5)15-18(24)3)28(32)29(33)30(26)20-7-6-8-22(16-20)34-4/h6-17,26,31H,1-5H3/b27-25-. The quantitative estimate of drug-likeness (QED) is 0.272. The van der Waals surface area contributed by atoms with Gasteiger partial charge in [-0.1, -0.05) is 18.2 Å². The minimum absolute atomic E-state index is 0.00341. The number of aliphatic hydroxyl groups is 1. The van der Waals surface area contributed by atoms with E-state index in [0.717, 1.165) is 0 Å². The Labute approximate surface area is 210 Å². The first kappa shape index (κ1) is 24.9. The summed E-state index contributed by atoms with van der Waals surface area (Å²) in [6.45, 7) is 5.67. The number of aryl methyl sites for hydroxylation is 1. The highest BCUT2D eigenvalue weighted by atomic mass is 16.5. The van der Waals surface area contributed by atoms with Crippen LogP contribution in [0.2, 0.25) is 0 Å². The fraction of sp³-hybridized carbons (Fsp3) is 0.241. The van der Waals surface area contributed by atoms with Gasteiger partial charge in [0, 0.05) is 17.3 Å². The molecular formula is C29H29NO6. The third-order valence-electron chi connectivity index (χ3n) is 6.03. The number of hydrogen-bond donors (Lipinski definition) is 1. The number of carbonyl (C=O) groups is 2. The lowest BCUT2D eigenvalue weighted by atomic mass is 9.93. The van der Waals surface area contributed by atoms with Gasteiger partial charge in [-0.05, 0) is 74.4 Å². The summed E-state index contributed by atoms with van der Waals surface area (Å²) in [4.78, 5) is 28.2. The maximum Gasteiger partial charge on any atom is 0.300 e. The smallest absolute Gasteiger partial charge is 0.300 e. The van der Waals surface area contributed by atoms with Crippen LogP contribution in [-0.2, 0) is 9.59 Å². The Bertz CT molecular complexity index is 1330. The molecule has 7 nitrogen and oxygen atoms in total. The van der Waals surface area contributed by atoms with Gasteiger partial charge in [-0.2, -0.15) is 0 Å². The summed E-state index contributed by atoms with van der Waals surface area (Å²) in [6.07, 6.45) is -0.00341. The third kappa shape index (κ3) is 4.64. The molecule has 0 spiro atoms. The van der Waals surface area contributed by atoms with Gasteiger partial charge >= 0.3 is 0 Å². The lowest BCUT2D eigenvalue weighted by Gasteiger charge is -2.26. The van der Waals surface area contributed by atoms with E-state index in [2.05, 4.69) is 0 Å². The number of anilines is 1. The van der Waals surface area contributed by atoms with Gasteiger partial charge < -0.3 is 19.3 Å². The van der Waals surface area contributed by atoms with Gasteiger partial charge in [0.2, 0.25) is 0 Å². The normalized spacial score (nSPS) is 16.9. The van der Waals surface area contributed by atoms with E-state index >= 15 is 0 Å². The number of aliphatic hydroxyl groups excluding tert-OH is 1. The van der Waals surface area contributed by atoms with Crippen molar-refractivity contribution >= 4 is 23.1 Å². The molecule has 1 amide bonds. The van der Waals surface area contributed by atoms with Gasteiger partial charge in [0.15, 0.2) is 0 Å². The predicted molar refractivity (Wildman–Crippen MR) is 138 cm³/mol. The van der Waals surface area contributed by atoms with Crippen LogP contribution in [0.1, 0.15) is 36.6 Å². The Morgan fingerprint density at radius 3 is 2.14 bits per heavy atom. The maximum atomic E-state index is 13.4. The second kappa shape index (κ2) is 10.2. The molecule has 0 radical (unpaired) electrons. The van der Waals surface area contributed by atoms with E-state index in [0.29, 0.717) is 39.6 Å². The summed E-state index contributed by atoms with van der Waals surface area (Å²) < 4.78 is 16.4. The molecule has 0 aromatic heterocycles. The van der Waals surface area contributed by atoms with Crippen molar-refractivity contribution < 1.29 is 28.9 Å². The average Bonchev–Trinajstić information content (AvgIpc) is 3.14. The van der Waals surface area contributed by atoms with Crippen LogP contribution in [0.4, 0.5) is 5.69 Å². The number of benzene rings is 3. The molecule has 1 atom stereocenters. The fourth-order valence-electron chi connectivity index (χ4n) is 4.35. The van der Waals surface area contributed by atoms with Crippen LogP contribution >= 0.6 is 0 Å². The van der Waals surface area contributed by atoms with E-state index in [-0.39, 0.29) is 17.4 Å². The van der Waals surface area contributed by atoms with Crippen molar-refractivity contribution in [2.75, 3.05) is 19.1 Å². The van der Waals surface area contributed by atoms with Gasteiger partial charge in [-0.3, -0.25) is 14.5 Å². The molecule has 0 aliphatic carbocycles. The fourth-order valence-corrected chi connectivity index (χ4v) is 4.35. The topological polar surface area (TPSA) is 85.3 Å². The summed E-state index contributed by atoms with van der Waals surface area (Å²) >= 11 is 0. The lowest BCUT2D eigenvalue weighted by molar-refractivity contribution is -0.132. The number of methoxy groups -OCH3 is 2. The molecule has 1 heterocycles. The Balaban J connectivity index is 1.91.